The number of nitrogens with zero attached hydrogens (tertiary/aromatic N) is 3. The Morgan fingerprint density at radius 3 is 2.22 bits per heavy atom. The van der Waals surface area contributed by atoms with Crippen LogP contribution in [0.2, 0.25) is 0 Å². The lowest BCUT2D eigenvalue weighted by molar-refractivity contribution is -0.133. The summed E-state index contributed by atoms with van der Waals surface area (Å²) in [6, 6.07) is 10.3. The molecule has 1 aliphatic carbocycles. The van der Waals surface area contributed by atoms with Crippen molar-refractivity contribution in [2.75, 3.05) is 44.1 Å². The molecule has 3 fully saturated rings. The van der Waals surface area contributed by atoms with E-state index in [1.54, 1.807) is 23.5 Å². The van der Waals surface area contributed by atoms with Crippen molar-refractivity contribution in [2.45, 2.75) is 89.0 Å². The van der Waals surface area contributed by atoms with Crippen molar-refractivity contribution in [1.29, 1.82) is 0 Å². The van der Waals surface area contributed by atoms with Gasteiger partial charge in [0.15, 0.2) is 0 Å². The van der Waals surface area contributed by atoms with E-state index in [9.17, 15) is 13.2 Å². The number of ether oxygens (including phenoxy) is 1. The van der Waals surface area contributed by atoms with Crippen molar-refractivity contribution in [3.05, 3.63) is 52.6 Å². The van der Waals surface area contributed by atoms with Crippen molar-refractivity contribution in [3.63, 3.8) is 0 Å². The molecule has 0 aromatic heterocycles. The van der Waals surface area contributed by atoms with Crippen LogP contribution in [-0.2, 0) is 27.7 Å². The van der Waals surface area contributed by atoms with Crippen LogP contribution in [0.4, 0.5) is 5.69 Å². The van der Waals surface area contributed by atoms with Gasteiger partial charge in [-0.2, -0.15) is 0 Å². The summed E-state index contributed by atoms with van der Waals surface area (Å²) in [5.74, 6) is 0.808. The predicted octanol–water partition coefficient (Wildman–Crippen LogP) is 5.25. The number of benzene rings is 2. The zero-order chi connectivity index (χ0) is 28.8. The van der Waals surface area contributed by atoms with Gasteiger partial charge in [-0.1, -0.05) is 12.1 Å². The van der Waals surface area contributed by atoms with Gasteiger partial charge in [0, 0.05) is 25.7 Å². The number of amides is 1. The Hall–Kier alpha value is -2.58. The highest BCUT2D eigenvalue weighted by molar-refractivity contribution is 7.93. The lowest BCUT2D eigenvalue weighted by Crippen LogP contribution is -2.50. The SMILES string of the molecule is COc1cc(C)c(S(=O)(=O)N2CCCc3ccc(CC(=O)N4CCC5(CCC(N6CCC6)CC5)CC4)cc32)c(C)c1. The van der Waals surface area contributed by atoms with Crippen molar-refractivity contribution in [1.82, 2.24) is 9.80 Å². The monoisotopic (exact) mass is 579 g/mol. The number of fused-ring (bicyclic) bond motifs is 1. The highest BCUT2D eigenvalue weighted by Crippen LogP contribution is 2.46. The summed E-state index contributed by atoms with van der Waals surface area (Å²) in [4.78, 5) is 18.5. The second-order valence-electron chi connectivity index (χ2n) is 12.9. The Balaban J connectivity index is 1.13. The number of carbonyl (C=O) groups is 1. The molecule has 1 amide bonds. The van der Waals surface area contributed by atoms with Gasteiger partial charge in [0.2, 0.25) is 5.91 Å². The van der Waals surface area contributed by atoms with Gasteiger partial charge in [0.1, 0.15) is 5.75 Å². The van der Waals surface area contributed by atoms with Crippen molar-refractivity contribution in [2.24, 2.45) is 5.41 Å². The van der Waals surface area contributed by atoms with Crippen LogP contribution in [0.1, 0.15) is 73.6 Å². The molecule has 222 valence electrons. The van der Waals surface area contributed by atoms with Gasteiger partial charge in [0.25, 0.3) is 10.0 Å². The molecule has 7 nitrogen and oxygen atoms in total. The first-order valence-corrected chi connectivity index (χ1v) is 16.9. The third-order valence-corrected chi connectivity index (χ3v) is 12.5. The fraction of sp³-hybridized carbons (Fsp3) is 0.606. The summed E-state index contributed by atoms with van der Waals surface area (Å²) >= 11 is 0. The number of likely N-dealkylation sites (tertiary alicyclic amines) is 2. The molecule has 0 atom stereocenters. The van der Waals surface area contributed by atoms with E-state index in [4.69, 9.17) is 4.74 Å². The largest absolute Gasteiger partial charge is 0.497 e. The molecule has 0 radical (unpaired) electrons. The summed E-state index contributed by atoms with van der Waals surface area (Å²) in [7, 11) is -2.18. The Bertz CT molecular complexity index is 1380. The highest BCUT2D eigenvalue weighted by Gasteiger charge is 2.41. The van der Waals surface area contributed by atoms with Gasteiger partial charge in [-0.05, 0) is 131 Å². The molecular weight excluding hydrogens is 534 g/mol. The molecule has 8 heteroatoms. The maximum Gasteiger partial charge on any atom is 0.264 e. The normalized spacial score (nSPS) is 21.4. The zero-order valence-corrected chi connectivity index (χ0v) is 25.8. The minimum atomic E-state index is -3.77. The highest BCUT2D eigenvalue weighted by atomic mass is 32.2. The molecule has 0 unspecified atom stereocenters. The first-order valence-electron chi connectivity index (χ1n) is 15.5. The number of piperidine rings is 1. The number of carbonyl (C=O) groups excluding carboxylic acids is 1. The summed E-state index contributed by atoms with van der Waals surface area (Å²) in [6.07, 6.45) is 10.7. The zero-order valence-electron chi connectivity index (χ0n) is 25.0. The second-order valence-corrected chi connectivity index (χ2v) is 14.7. The molecule has 3 heterocycles. The van der Waals surface area contributed by atoms with E-state index in [0.717, 1.165) is 55.9 Å². The average Bonchev–Trinajstić information content (AvgIpc) is 2.92. The molecule has 1 saturated carbocycles. The third kappa shape index (κ3) is 5.50. The summed E-state index contributed by atoms with van der Waals surface area (Å²) in [5.41, 5.74) is 4.40. The number of methoxy groups -OCH3 is 1. The third-order valence-electron chi connectivity index (χ3n) is 10.4. The van der Waals surface area contributed by atoms with Gasteiger partial charge in [0.05, 0.1) is 24.1 Å². The molecule has 2 aromatic rings. The van der Waals surface area contributed by atoms with Crippen molar-refractivity contribution in [3.8, 4) is 5.75 Å². The van der Waals surface area contributed by atoms with E-state index >= 15 is 0 Å². The quantitative estimate of drug-likeness (QED) is 0.468. The van der Waals surface area contributed by atoms with Gasteiger partial charge >= 0.3 is 0 Å². The fourth-order valence-corrected chi connectivity index (χ4v) is 9.74. The molecule has 4 aliphatic rings. The maximum atomic E-state index is 14.0. The molecule has 0 N–H and O–H groups in total. The van der Waals surface area contributed by atoms with E-state index in [2.05, 4.69) is 4.90 Å². The Morgan fingerprint density at radius 1 is 0.927 bits per heavy atom. The van der Waals surface area contributed by atoms with Crippen LogP contribution >= 0.6 is 0 Å². The molecule has 41 heavy (non-hydrogen) atoms. The standard InChI is InChI=1S/C33H45N3O4S/c1-24-20-29(40-3)21-25(2)32(24)41(38,39)36-17-4-6-27-8-7-26(22-30(27)36)23-31(37)35-18-13-33(14-19-35)11-9-28(10-12-33)34-15-5-16-34/h7-8,20-22,28H,4-6,9-19,23H2,1-3H3. The van der Waals surface area contributed by atoms with E-state index in [0.29, 0.717) is 45.8 Å². The van der Waals surface area contributed by atoms with Gasteiger partial charge in [-0.25, -0.2) is 8.42 Å². The van der Waals surface area contributed by atoms with Crippen LogP contribution in [0.3, 0.4) is 0 Å². The molecule has 2 aromatic carbocycles. The summed E-state index contributed by atoms with van der Waals surface area (Å²) in [5, 5.41) is 0. The molecule has 6 rings (SSSR count). The topological polar surface area (TPSA) is 70.2 Å². The van der Waals surface area contributed by atoms with Crippen LogP contribution < -0.4 is 9.04 Å². The van der Waals surface area contributed by atoms with Crippen molar-refractivity contribution < 1.29 is 17.9 Å². The van der Waals surface area contributed by atoms with E-state index in [1.807, 2.05) is 36.9 Å². The number of sulfonamides is 1. The lowest BCUT2D eigenvalue weighted by Gasteiger charge is -2.49. The number of hydrogen-bond donors (Lipinski definition) is 0. The van der Waals surface area contributed by atoms with Crippen LogP contribution in [0.15, 0.2) is 35.2 Å². The second kappa shape index (κ2) is 11.3. The number of anilines is 1. The Morgan fingerprint density at radius 2 is 1.61 bits per heavy atom. The minimum absolute atomic E-state index is 0.154. The van der Waals surface area contributed by atoms with Crippen LogP contribution in [0.25, 0.3) is 0 Å². The molecule has 1 spiro atoms. The number of aryl methyl sites for hydroxylation is 3. The first-order chi connectivity index (χ1) is 19.7. The molecule has 0 bridgehead atoms. The maximum absolute atomic E-state index is 14.0. The van der Waals surface area contributed by atoms with E-state index in [-0.39, 0.29) is 5.91 Å². The molecule has 2 saturated heterocycles. The summed E-state index contributed by atoms with van der Waals surface area (Å²) in [6.45, 7) is 8.33. The smallest absolute Gasteiger partial charge is 0.264 e. The first kappa shape index (κ1) is 28.5. The van der Waals surface area contributed by atoms with Gasteiger partial charge in [-0.3, -0.25) is 9.10 Å². The van der Waals surface area contributed by atoms with Crippen LogP contribution in [0, 0.1) is 19.3 Å². The lowest BCUT2D eigenvalue weighted by atomic mass is 9.66. The molecular formula is C33H45N3O4S. The fourth-order valence-electron chi connectivity index (χ4n) is 7.79. The van der Waals surface area contributed by atoms with E-state index in [1.165, 1.54) is 45.2 Å². The Kier molecular flexibility index (Phi) is 7.83. The number of hydrogen-bond acceptors (Lipinski definition) is 5. The Labute approximate surface area is 245 Å². The molecule has 3 aliphatic heterocycles. The summed E-state index contributed by atoms with van der Waals surface area (Å²) < 4.78 is 34.9. The van der Waals surface area contributed by atoms with Gasteiger partial charge in [-0.15, -0.1) is 0 Å². The van der Waals surface area contributed by atoms with Crippen LogP contribution in [-0.4, -0.2) is 70.0 Å². The van der Waals surface area contributed by atoms with E-state index < -0.39 is 10.0 Å². The number of rotatable bonds is 6. The van der Waals surface area contributed by atoms with Gasteiger partial charge < -0.3 is 14.5 Å². The average molecular weight is 580 g/mol. The minimum Gasteiger partial charge on any atom is -0.497 e. The predicted molar refractivity (Wildman–Crippen MR) is 162 cm³/mol. The van der Waals surface area contributed by atoms with Crippen LogP contribution in [0.5, 0.6) is 5.75 Å². The van der Waals surface area contributed by atoms with Crippen molar-refractivity contribution >= 4 is 21.6 Å².